The molecule has 3 rings (SSSR count). The molecule has 0 bridgehead atoms. The molecule has 1 aliphatic carbocycles. The Kier molecular flexibility index (Phi) is 3.94. The largest absolute Gasteiger partial charge is 0.244 e. The van der Waals surface area contributed by atoms with E-state index in [0.717, 1.165) is 18.4 Å². The smallest absolute Gasteiger partial charge is 0.207 e. The molecular weight excluding hydrogens is 385 g/mol. The zero-order valence-corrected chi connectivity index (χ0v) is 14.3. The molecule has 4 unspecified atom stereocenters. The molecule has 1 aromatic carbocycles. The van der Waals surface area contributed by atoms with E-state index in [1.54, 1.807) is 16.4 Å². The minimum absolute atomic E-state index is 0.0895. The van der Waals surface area contributed by atoms with Crippen molar-refractivity contribution < 1.29 is 8.42 Å². The monoisotopic (exact) mass is 403 g/mol. The van der Waals surface area contributed by atoms with Gasteiger partial charge in [0.2, 0.25) is 10.0 Å². The van der Waals surface area contributed by atoms with Crippen molar-refractivity contribution in [3.63, 3.8) is 0 Å². The Bertz CT molecular complexity index is 624. The number of alkyl halides is 1. The number of rotatable bonds is 3. The molecule has 0 saturated carbocycles. The van der Waals surface area contributed by atoms with Gasteiger partial charge >= 0.3 is 0 Å². The summed E-state index contributed by atoms with van der Waals surface area (Å²) in [5, 5.41) is 0. The van der Waals surface area contributed by atoms with Gasteiger partial charge in [0.1, 0.15) is 0 Å². The van der Waals surface area contributed by atoms with Crippen molar-refractivity contribution in [2.45, 2.75) is 41.2 Å². The van der Waals surface area contributed by atoms with Crippen LogP contribution in [0.15, 0.2) is 41.3 Å². The predicted octanol–water partition coefficient (Wildman–Crippen LogP) is 3.49. The Balaban J connectivity index is 1.84. The van der Waals surface area contributed by atoms with Gasteiger partial charge in [-0.3, -0.25) is 0 Å². The first-order valence-electron chi connectivity index (χ1n) is 6.93. The van der Waals surface area contributed by atoms with Crippen LogP contribution in [0.5, 0.6) is 0 Å². The van der Waals surface area contributed by atoms with Crippen molar-refractivity contribution in [2.24, 2.45) is 5.92 Å². The number of allylic oxidation sites excluding steroid dienone is 1. The SMILES string of the molecule is Cc1ccc(S(=O)(=O)N2C(I)C2C2C=CCCC2)cc1. The first kappa shape index (κ1) is 14.5. The van der Waals surface area contributed by atoms with Crippen LogP contribution in [0.3, 0.4) is 0 Å². The van der Waals surface area contributed by atoms with Crippen molar-refractivity contribution in [2.75, 3.05) is 0 Å². The molecular formula is C15H18INO2S. The van der Waals surface area contributed by atoms with E-state index >= 15 is 0 Å². The van der Waals surface area contributed by atoms with Crippen LogP contribution in [-0.4, -0.2) is 22.8 Å². The van der Waals surface area contributed by atoms with E-state index in [0.29, 0.717) is 10.8 Å². The van der Waals surface area contributed by atoms with Gasteiger partial charge in [-0.1, -0.05) is 52.4 Å². The number of hydrogen-bond donors (Lipinski definition) is 0. The second kappa shape index (κ2) is 5.42. The standard InChI is InChI=1S/C15H18INO2S/c1-11-7-9-13(10-8-11)20(18,19)17-14(15(17)16)12-5-3-2-4-6-12/h3,5,7-10,12,14-15H,2,4,6H2,1H3. The topological polar surface area (TPSA) is 37.1 Å². The van der Waals surface area contributed by atoms with Gasteiger partial charge in [0.25, 0.3) is 0 Å². The Morgan fingerprint density at radius 2 is 1.95 bits per heavy atom. The minimum atomic E-state index is -3.34. The summed E-state index contributed by atoms with van der Waals surface area (Å²) in [6, 6.07) is 7.26. The lowest BCUT2D eigenvalue weighted by atomic mass is 9.93. The van der Waals surface area contributed by atoms with Gasteiger partial charge in [-0.2, -0.15) is 4.31 Å². The second-order valence-electron chi connectivity index (χ2n) is 5.53. The van der Waals surface area contributed by atoms with E-state index in [9.17, 15) is 8.42 Å². The van der Waals surface area contributed by atoms with Gasteiger partial charge in [-0.05, 0) is 44.2 Å². The fourth-order valence-electron chi connectivity index (χ4n) is 2.84. The first-order valence-corrected chi connectivity index (χ1v) is 9.61. The quantitative estimate of drug-likeness (QED) is 0.255. The van der Waals surface area contributed by atoms with Gasteiger partial charge < -0.3 is 0 Å². The summed E-state index contributed by atoms with van der Waals surface area (Å²) in [4.78, 5) is 0.409. The molecule has 20 heavy (non-hydrogen) atoms. The van der Waals surface area contributed by atoms with Crippen LogP contribution in [0, 0.1) is 12.8 Å². The Morgan fingerprint density at radius 1 is 1.25 bits per heavy atom. The van der Waals surface area contributed by atoms with Gasteiger partial charge in [0, 0.05) is 0 Å². The van der Waals surface area contributed by atoms with Crippen LogP contribution in [0.2, 0.25) is 0 Å². The fraction of sp³-hybridized carbons (Fsp3) is 0.467. The molecule has 0 spiro atoms. The highest BCUT2D eigenvalue weighted by Gasteiger charge is 2.56. The summed E-state index contributed by atoms with van der Waals surface area (Å²) in [7, 11) is -3.34. The maximum absolute atomic E-state index is 12.7. The van der Waals surface area contributed by atoms with Gasteiger partial charge in [0.05, 0.1) is 15.0 Å². The highest BCUT2D eigenvalue weighted by molar-refractivity contribution is 14.1. The first-order chi connectivity index (χ1) is 9.51. The number of halogens is 1. The summed E-state index contributed by atoms with van der Waals surface area (Å²) in [5.41, 5.74) is 1.08. The third kappa shape index (κ3) is 2.55. The third-order valence-corrected chi connectivity index (χ3v) is 7.66. The average molecular weight is 403 g/mol. The van der Waals surface area contributed by atoms with Crippen LogP contribution in [0.4, 0.5) is 0 Å². The summed E-state index contributed by atoms with van der Waals surface area (Å²) in [5.74, 6) is 0.380. The number of sulfonamides is 1. The average Bonchev–Trinajstić information content (AvgIpc) is 3.13. The molecule has 0 radical (unpaired) electrons. The van der Waals surface area contributed by atoms with Crippen molar-refractivity contribution in [3.8, 4) is 0 Å². The molecule has 0 N–H and O–H groups in total. The minimum Gasteiger partial charge on any atom is -0.207 e. The van der Waals surface area contributed by atoms with Crippen molar-refractivity contribution in [1.29, 1.82) is 0 Å². The molecule has 5 heteroatoms. The number of benzene rings is 1. The van der Waals surface area contributed by atoms with E-state index in [4.69, 9.17) is 0 Å². The van der Waals surface area contributed by atoms with Crippen molar-refractivity contribution >= 4 is 32.6 Å². The normalized spacial score (nSPS) is 33.1. The maximum atomic E-state index is 12.7. The lowest BCUT2D eigenvalue weighted by molar-refractivity contribution is 0.481. The molecule has 1 aromatic rings. The summed E-state index contributed by atoms with van der Waals surface area (Å²) in [6.07, 6.45) is 7.77. The lowest BCUT2D eigenvalue weighted by Crippen LogP contribution is -2.19. The molecule has 3 nitrogen and oxygen atoms in total. The highest BCUT2D eigenvalue weighted by Crippen LogP contribution is 2.46. The molecule has 1 heterocycles. The molecule has 0 amide bonds. The van der Waals surface area contributed by atoms with E-state index in [1.807, 2.05) is 19.1 Å². The zero-order valence-electron chi connectivity index (χ0n) is 11.4. The van der Waals surface area contributed by atoms with Crippen molar-refractivity contribution in [1.82, 2.24) is 4.31 Å². The van der Waals surface area contributed by atoms with Crippen molar-refractivity contribution in [3.05, 3.63) is 42.0 Å². The van der Waals surface area contributed by atoms with E-state index in [2.05, 4.69) is 34.7 Å². The highest BCUT2D eigenvalue weighted by atomic mass is 127. The number of hydrogen-bond acceptors (Lipinski definition) is 2. The summed E-state index contributed by atoms with van der Waals surface area (Å²) >= 11 is 2.25. The molecule has 2 aliphatic rings. The fourth-order valence-corrected chi connectivity index (χ4v) is 6.67. The summed E-state index contributed by atoms with van der Waals surface area (Å²) < 4.78 is 27.1. The Morgan fingerprint density at radius 3 is 2.55 bits per heavy atom. The molecule has 1 saturated heterocycles. The lowest BCUT2D eigenvalue weighted by Gasteiger charge is -2.16. The molecule has 4 atom stereocenters. The molecule has 1 fully saturated rings. The zero-order chi connectivity index (χ0) is 14.3. The summed E-state index contributed by atoms with van der Waals surface area (Å²) in [6.45, 7) is 1.96. The van der Waals surface area contributed by atoms with Gasteiger partial charge in [-0.25, -0.2) is 8.42 Å². The van der Waals surface area contributed by atoms with E-state index in [-0.39, 0.29) is 10.1 Å². The van der Waals surface area contributed by atoms with Crippen LogP contribution in [0.1, 0.15) is 24.8 Å². The molecule has 0 aromatic heterocycles. The van der Waals surface area contributed by atoms with Crippen LogP contribution >= 0.6 is 22.6 Å². The predicted molar refractivity (Wildman–Crippen MR) is 88.3 cm³/mol. The second-order valence-corrected chi connectivity index (χ2v) is 8.65. The van der Waals surface area contributed by atoms with Crippen LogP contribution in [-0.2, 0) is 10.0 Å². The van der Waals surface area contributed by atoms with Gasteiger partial charge in [0.15, 0.2) is 0 Å². The van der Waals surface area contributed by atoms with Gasteiger partial charge in [-0.15, -0.1) is 0 Å². The van der Waals surface area contributed by atoms with E-state index in [1.165, 1.54) is 6.42 Å². The maximum Gasteiger partial charge on any atom is 0.244 e. The third-order valence-electron chi connectivity index (χ3n) is 4.06. The Hall–Kier alpha value is -0.400. The molecule has 108 valence electrons. The van der Waals surface area contributed by atoms with Crippen LogP contribution in [0.25, 0.3) is 0 Å². The number of aryl methyl sites for hydroxylation is 1. The Labute approximate surface area is 134 Å². The molecule has 1 aliphatic heterocycles. The van der Waals surface area contributed by atoms with E-state index < -0.39 is 10.0 Å². The number of nitrogens with zero attached hydrogens (tertiary/aromatic N) is 1. The van der Waals surface area contributed by atoms with Crippen LogP contribution < -0.4 is 0 Å².